The zero-order valence-corrected chi connectivity index (χ0v) is 11.5. The Morgan fingerprint density at radius 3 is 2.53 bits per heavy atom. The minimum atomic E-state index is -3.58. The first-order valence-electron chi connectivity index (χ1n) is 5.47. The largest absolute Gasteiger partial charge is 0.469 e. The summed E-state index contributed by atoms with van der Waals surface area (Å²) in [5.41, 5.74) is 0.0949. The Balaban J connectivity index is 2.96. The third-order valence-electron chi connectivity index (χ3n) is 2.50. The molecule has 0 bridgehead atoms. The lowest BCUT2D eigenvalue weighted by atomic mass is 10.1. The number of halogens is 1. The van der Waals surface area contributed by atoms with E-state index in [9.17, 15) is 17.6 Å². The van der Waals surface area contributed by atoms with Gasteiger partial charge in [-0.1, -0.05) is 6.07 Å². The van der Waals surface area contributed by atoms with E-state index < -0.39 is 21.6 Å². The summed E-state index contributed by atoms with van der Waals surface area (Å²) in [4.78, 5) is 10.9. The molecule has 0 unspecified atom stereocenters. The topological polar surface area (TPSA) is 69.7 Å². The first-order chi connectivity index (χ1) is 8.90. The number of carbonyl (C=O) groups excluding carboxylic acids is 1. The van der Waals surface area contributed by atoms with Gasteiger partial charge in [-0.05, 0) is 17.7 Å². The van der Waals surface area contributed by atoms with E-state index in [2.05, 4.69) is 9.47 Å². The molecule has 0 saturated carbocycles. The summed E-state index contributed by atoms with van der Waals surface area (Å²) in [6.07, 6.45) is -0.235. The number of rotatable bonds is 6. The van der Waals surface area contributed by atoms with Crippen molar-refractivity contribution in [2.24, 2.45) is 0 Å². The number of hydrogen-bond donors (Lipinski definition) is 0. The Hall–Kier alpha value is -1.47. The van der Waals surface area contributed by atoms with Crippen LogP contribution in [0.5, 0.6) is 0 Å². The molecule has 0 heterocycles. The third kappa shape index (κ3) is 4.29. The fourth-order valence-corrected chi connectivity index (χ4v) is 2.58. The van der Waals surface area contributed by atoms with Crippen LogP contribution in [-0.4, -0.2) is 41.0 Å². The summed E-state index contributed by atoms with van der Waals surface area (Å²) in [7, 11) is -0.994. The van der Waals surface area contributed by atoms with Crippen molar-refractivity contribution in [3.8, 4) is 0 Å². The SMILES string of the molecule is COCCS(=O)(=O)c1ccc(CC(=O)OC)c(F)c1. The highest BCUT2D eigenvalue weighted by Gasteiger charge is 2.17. The second kappa shape index (κ2) is 6.63. The van der Waals surface area contributed by atoms with Gasteiger partial charge in [-0.25, -0.2) is 12.8 Å². The van der Waals surface area contributed by atoms with Crippen LogP contribution in [0.15, 0.2) is 23.1 Å². The van der Waals surface area contributed by atoms with Gasteiger partial charge in [-0.15, -0.1) is 0 Å². The van der Waals surface area contributed by atoms with E-state index in [-0.39, 0.29) is 29.2 Å². The van der Waals surface area contributed by atoms with Crippen molar-refractivity contribution < 1.29 is 27.1 Å². The lowest BCUT2D eigenvalue weighted by molar-refractivity contribution is -0.139. The zero-order chi connectivity index (χ0) is 14.5. The molecule has 0 N–H and O–H groups in total. The minimum absolute atomic E-state index is 0.0356. The average Bonchev–Trinajstić information content (AvgIpc) is 2.38. The molecule has 0 aliphatic carbocycles. The number of ether oxygens (including phenoxy) is 2. The molecule has 0 fully saturated rings. The van der Waals surface area contributed by atoms with Gasteiger partial charge in [0.2, 0.25) is 0 Å². The quantitative estimate of drug-likeness (QED) is 0.730. The van der Waals surface area contributed by atoms with E-state index in [0.717, 1.165) is 6.07 Å². The first-order valence-corrected chi connectivity index (χ1v) is 7.13. The van der Waals surface area contributed by atoms with Gasteiger partial charge in [0.15, 0.2) is 9.84 Å². The van der Waals surface area contributed by atoms with Crippen LogP contribution in [0.25, 0.3) is 0 Å². The van der Waals surface area contributed by atoms with Gasteiger partial charge >= 0.3 is 5.97 Å². The minimum Gasteiger partial charge on any atom is -0.469 e. The summed E-state index contributed by atoms with van der Waals surface area (Å²) in [5, 5.41) is 0. The van der Waals surface area contributed by atoms with Gasteiger partial charge in [-0.2, -0.15) is 0 Å². The fraction of sp³-hybridized carbons (Fsp3) is 0.417. The maximum atomic E-state index is 13.7. The van der Waals surface area contributed by atoms with E-state index in [1.54, 1.807) is 0 Å². The second-order valence-electron chi connectivity index (χ2n) is 3.82. The fourth-order valence-electron chi connectivity index (χ4n) is 1.40. The normalized spacial score (nSPS) is 11.3. The number of benzene rings is 1. The number of esters is 1. The molecule has 0 aliphatic rings. The van der Waals surface area contributed by atoms with Crippen LogP contribution in [0.2, 0.25) is 0 Å². The Kier molecular flexibility index (Phi) is 5.44. The van der Waals surface area contributed by atoms with Crippen LogP contribution in [0.3, 0.4) is 0 Å². The van der Waals surface area contributed by atoms with Crippen LogP contribution in [-0.2, 0) is 30.5 Å². The molecule has 106 valence electrons. The van der Waals surface area contributed by atoms with Crippen molar-refractivity contribution >= 4 is 15.8 Å². The van der Waals surface area contributed by atoms with E-state index >= 15 is 0 Å². The summed E-state index contributed by atoms with van der Waals surface area (Å²) in [5.74, 6) is -1.56. The standard InChI is InChI=1S/C12H15FO5S/c1-17-5-6-19(15,16)10-4-3-9(11(13)8-10)7-12(14)18-2/h3-4,8H,5-7H2,1-2H3. The molecule has 5 nitrogen and oxygen atoms in total. The van der Waals surface area contributed by atoms with Crippen LogP contribution in [0, 0.1) is 5.82 Å². The van der Waals surface area contributed by atoms with Gasteiger partial charge in [0, 0.05) is 7.11 Å². The van der Waals surface area contributed by atoms with E-state index in [1.807, 2.05) is 0 Å². The van der Waals surface area contributed by atoms with Crippen LogP contribution < -0.4 is 0 Å². The van der Waals surface area contributed by atoms with E-state index in [1.165, 1.54) is 26.4 Å². The number of hydrogen-bond acceptors (Lipinski definition) is 5. The second-order valence-corrected chi connectivity index (χ2v) is 5.93. The molecule has 1 rings (SSSR count). The van der Waals surface area contributed by atoms with E-state index in [0.29, 0.717) is 0 Å². The van der Waals surface area contributed by atoms with Crippen molar-refractivity contribution in [1.29, 1.82) is 0 Å². The summed E-state index contributed by atoms with van der Waals surface area (Å²) >= 11 is 0. The molecular formula is C12H15FO5S. The summed E-state index contributed by atoms with van der Waals surface area (Å²) in [6, 6.07) is 3.45. The van der Waals surface area contributed by atoms with Crippen molar-refractivity contribution in [1.82, 2.24) is 0 Å². The maximum absolute atomic E-state index is 13.7. The monoisotopic (exact) mass is 290 g/mol. The molecule has 0 spiro atoms. The van der Waals surface area contributed by atoms with Crippen LogP contribution in [0.4, 0.5) is 4.39 Å². The van der Waals surface area contributed by atoms with Gasteiger partial charge < -0.3 is 9.47 Å². The molecule has 0 atom stereocenters. The Bertz CT molecular complexity index is 553. The lowest BCUT2D eigenvalue weighted by Gasteiger charge is -2.06. The number of carbonyl (C=O) groups is 1. The molecule has 7 heteroatoms. The summed E-state index contributed by atoms with van der Waals surface area (Å²) in [6.45, 7) is 0.0356. The van der Waals surface area contributed by atoms with Crippen molar-refractivity contribution in [2.75, 3.05) is 26.6 Å². The van der Waals surface area contributed by atoms with E-state index in [4.69, 9.17) is 0 Å². The predicted molar refractivity (Wildman–Crippen MR) is 66.0 cm³/mol. The third-order valence-corrected chi connectivity index (χ3v) is 4.18. The molecular weight excluding hydrogens is 275 g/mol. The van der Waals surface area contributed by atoms with Gasteiger partial charge in [0.1, 0.15) is 5.82 Å². The smallest absolute Gasteiger partial charge is 0.310 e. The Labute approximate surface area is 111 Å². The van der Waals surface area contributed by atoms with Crippen molar-refractivity contribution in [3.05, 3.63) is 29.6 Å². The molecule has 0 amide bonds. The van der Waals surface area contributed by atoms with Gasteiger partial charge in [0.05, 0.1) is 30.8 Å². The highest BCUT2D eigenvalue weighted by Crippen LogP contribution is 2.17. The zero-order valence-electron chi connectivity index (χ0n) is 10.7. The number of sulfone groups is 1. The molecule has 1 aromatic rings. The van der Waals surface area contributed by atoms with Crippen LogP contribution in [0.1, 0.15) is 5.56 Å². The molecule has 1 aromatic carbocycles. The molecule has 0 saturated heterocycles. The first kappa shape index (κ1) is 15.6. The molecule has 0 aromatic heterocycles. The Morgan fingerprint density at radius 2 is 2.00 bits per heavy atom. The molecule has 19 heavy (non-hydrogen) atoms. The highest BCUT2D eigenvalue weighted by atomic mass is 32.2. The van der Waals surface area contributed by atoms with Gasteiger partial charge in [-0.3, -0.25) is 4.79 Å². The molecule has 0 aliphatic heterocycles. The average molecular weight is 290 g/mol. The summed E-state index contributed by atoms with van der Waals surface area (Å²) < 4.78 is 46.4. The highest BCUT2D eigenvalue weighted by molar-refractivity contribution is 7.91. The predicted octanol–water partition coefficient (Wildman–Crippen LogP) is 0.961. The van der Waals surface area contributed by atoms with Crippen molar-refractivity contribution in [3.63, 3.8) is 0 Å². The Morgan fingerprint density at radius 1 is 1.32 bits per heavy atom. The van der Waals surface area contributed by atoms with Crippen LogP contribution >= 0.6 is 0 Å². The maximum Gasteiger partial charge on any atom is 0.310 e. The van der Waals surface area contributed by atoms with Gasteiger partial charge in [0.25, 0.3) is 0 Å². The number of methoxy groups -OCH3 is 2. The lowest BCUT2D eigenvalue weighted by Crippen LogP contribution is -2.12. The molecule has 0 radical (unpaired) electrons. The van der Waals surface area contributed by atoms with Crippen molar-refractivity contribution in [2.45, 2.75) is 11.3 Å².